The Morgan fingerprint density at radius 2 is 1.96 bits per heavy atom. The minimum atomic E-state index is -0.431. The summed E-state index contributed by atoms with van der Waals surface area (Å²) >= 11 is 0. The van der Waals surface area contributed by atoms with Gasteiger partial charge in [-0.15, -0.1) is 0 Å². The Bertz CT molecular complexity index is 556. The van der Waals surface area contributed by atoms with Crippen LogP contribution in [0.1, 0.15) is 65.1 Å². The Balaban J connectivity index is 1.60. The summed E-state index contributed by atoms with van der Waals surface area (Å²) in [5.41, 5.74) is 0.637. The van der Waals surface area contributed by atoms with Crippen LogP contribution in [0, 0.1) is 0 Å². The second-order valence-corrected chi connectivity index (χ2v) is 8.08. The van der Waals surface area contributed by atoms with Gasteiger partial charge in [0, 0.05) is 30.4 Å². The van der Waals surface area contributed by atoms with Gasteiger partial charge in [-0.25, -0.2) is 4.79 Å². The van der Waals surface area contributed by atoms with Crippen molar-refractivity contribution < 1.29 is 9.53 Å². The topological polar surface area (TPSA) is 54.5 Å². The average molecular weight is 331 g/mol. The summed E-state index contributed by atoms with van der Waals surface area (Å²) < 4.78 is 5.60. The molecule has 3 rings (SSSR count). The number of nitrogens with one attached hydrogen (secondary N) is 1. The van der Waals surface area contributed by atoms with Crippen molar-refractivity contribution in [3.63, 3.8) is 0 Å². The van der Waals surface area contributed by atoms with Crippen LogP contribution in [0.5, 0.6) is 0 Å². The number of carbonyl (C=O) groups is 1. The molecule has 0 spiro atoms. The molecule has 2 bridgehead atoms. The van der Waals surface area contributed by atoms with Gasteiger partial charge in [-0.3, -0.25) is 4.98 Å². The fourth-order valence-electron chi connectivity index (χ4n) is 4.00. The SMILES string of the molecule is C[C@H](NC1CC2CCC(C1)N2C(=O)OC(C)(C)C)c1ccccn1. The molecule has 2 saturated heterocycles. The number of hydrogen-bond acceptors (Lipinski definition) is 4. The number of hydrogen-bond donors (Lipinski definition) is 1. The zero-order chi connectivity index (χ0) is 17.3. The first kappa shape index (κ1) is 17.2. The van der Waals surface area contributed by atoms with Gasteiger partial charge in [-0.2, -0.15) is 0 Å². The van der Waals surface area contributed by atoms with Crippen molar-refractivity contribution >= 4 is 6.09 Å². The smallest absolute Gasteiger partial charge is 0.410 e. The molecule has 3 atom stereocenters. The van der Waals surface area contributed by atoms with E-state index in [2.05, 4.69) is 23.3 Å². The Morgan fingerprint density at radius 1 is 1.29 bits per heavy atom. The first-order valence-electron chi connectivity index (χ1n) is 9.02. The van der Waals surface area contributed by atoms with Crippen LogP contribution < -0.4 is 5.32 Å². The van der Waals surface area contributed by atoms with Crippen molar-refractivity contribution in [2.75, 3.05) is 0 Å². The first-order chi connectivity index (χ1) is 11.3. The third-order valence-corrected chi connectivity index (χ3v) is 4.95. The normalized spacial score (nSPS) is 27.8. The quantitative estimate of drug-likeness (QED) is 0.918. The largest absolute Gasteiger partial charge is 0.444 e. The predicted octanol–water partition coefficient (Wildman–Crippen LogP) is 3.66. The molecule has 3 heterocycles. The van der Waals surface area contributed by atoms with Gasteiger partial charge in [0.2, 0.25) is 0 Å². The van der Waals surface area contributed by atoms with E-state index in [9.17, 15) is 4.79 Å². The van der Waals surface area contributed by atoms with E-state index < -0.39 is 5.60 Å². The van der Waals surface area contributed by atoms with Crippen LogP contribution in [0.4, 0.5) is 4.79 Å². The zero-order valence-corrected chi connectivity index (χ0v) is 15.2. The molecule has 2 fully saturated rings. The average Bonchev–Trinajstić information content (AvgIpc) is 2.78. The maximum atomic E-state index is 12.5. The van der Waals surface area contributed by atoms with Crippen LogP contribution >= 0.6 is 0 Å². The number of ether oxygens (including phenoxy) is 1. The first-order valence-corrected chi connectivity index (χ1v) is 9.02. The standard InChI is InChI=1S/C19H29N3O2/c1-13(17-7-5-6-10-20-17)21-14-11-15-8-9-16(12-14)22(15)18(23)24-19(2,3)4/h5-7,10,13-16,21H,8-9,11-12H2,1-4H3/t13-,14?,15?,16?/m0/s1. The number of carbonyl (C=O) groups excluding carboxylic acids is 1. The number of amides is 1. The lowest BCUT2D eigenvalue weighted by Crippen LogP contribution is -2.52. The minimum absolute atomic E-state index is 0.147. The van der Waals surface area contributed by atoms with Gasteiger partial charge in [0.15, 0.2) is 0 Å². The fourth-order valence-corrected chi connectivity index (χ4v) is 4.00. The summed E-state index contributed by atoms with van der Waals surface area (Å²) in [6, 6.07) is 7.27. The van der Waals surface area contributed by atoms with Gasteiger partial charge in [0.25, 0.3) is 0 Å². The molecule has 1 aromatic rings. The highest BCUT2D eigenvalue weighted by Crippen LogP contribution is 2.37. The second-order valence-electron chi connectivity index (χ2n) is 8.08. The molecule has 5 heteroatoms. The maximum absolute atomic E-state index is 12.5. The van der Waals surface area contributed by atoms with Crippen molar-refractivity contribution in [1.29, 1.82) is 0 Å². The molecule has 1 aromatic heterocycles. The molecule has 1 amide bonds. The van der Waals surface area contributed by atoms with Gasteiger partial charge in [-0.05, 0) is 65.5 Å². The Hall–Kier alpha value is -1.62. The van der Waals surface area contributed by atoms with Gasteiger partial charge >= 0.3 is 6.09 Å². The Kier molecular flexibility index (Phi) is 4.81. The van der Waals surface area contributed by atoms with Gasteiger partial charge in [0.05, 0.1) is 5.69 Å². The molecule has 2 unspecified atom stereocenters. The number of rotatable bonds is 3. The molecular formula is C19H29N3O2. The molecule has 1 N–H and O–H groups in total. The summed E-state index contributed by atoms with van der Waals surface area (Å²) in [6.07, 6.45) is 5.84. The van der Waals surface area contributed by atoms with Crippen LogP contribution in [0.15, 0.2) is 24.4 Å². The number of aromatic nitrogens is 1. The third kappa shape index (κ3) is 3.89. The van der Waals surface area contributed by atoms with Crippen LogP contribution in [0.25, 0.3) is 0 Å². The third-order valence-electron chi connectivity index (χ3n) is 4.95. The van der Waals surface area contributed by atoms with Crippen molar-refractivity contribution in [1.82, 2.24) is 15.2 Å². The number of nitrogens with zero attached hydrogens (tertiary/aromatic N) is 2. The van der Waals surface area contributed by atoms with Gasteiger partial charge in [0.1, 0.15) is 5.60 Å². The van der Waals surface area contributed by atoms with Crippen molar-refractivity contribution in [3.05, 3.63) is 30.1 Å². The minimum Gasteiger partial charge on any atom is -0.444 e. The monoisotopic (exact) mass is 331 g/mol. The molecule has 0 aromatic carbocycles. The fraction of sp³-hybridized carbons (Fsp3) is 0.684. The molecular weight excluding hydrogens is 302 g/mol. The van der Waals surface area contributed by atoms with Gasteiger partial charge < -0.3 is 15.0 Å². The summed E-state index contributed by atoms with van der Waals surface area (Å²) in [7, 11) is 0. The highest BCUT2D eigenvalue weighted by Gasteiger charge is 2.44. The zero-order valence-electron chi connectivity index (χ0n) is 15.2. The Labute approximate surface area is 144 Å². The van der Waals surface area contributed by atoms with E-state index in [1.54, 1.807) is 0 Å². The molecule has 2 aliphatic rings. The van der Waals surface area contributed by atoms with E-state index in [1.807, 2.05) is 44.0 Å². The van der Waals surface area contributed by atoms with Gasteiger partial charge in [-0.1, -0.05) is 6.07 Å². The molecule has 2 aliphatic heterocycles. The van der Waals surface area contributed by atoms with E-state index in [0.29, 0.717) is 18.1 Å². The molecule has 0 radical (unpaired) electrons. The second kappa shape index (κ2) is 6.71. The van der Waals surface area contributed by atoms with Crippen LogP contribution in [-0.4, -0.2) is 39.7 Å². The summed E-state index contributed by atoms with van der Waals surface area (Å²) in [5, 5.41) is 3.70. The molecule has 132 valence electrons. The molecule has 24 heavy (non-hydrogen) atoms. The highest BCUT2D eigenvalue weighted by atomic mass is 16.6. The molecule has 5 nitrogen and oxygen atoms in total. The predicted molar refractivity (Wildman–Crippen MR) is 93.7 cm³/mol. The van der Waals surface area contributed by atoms with E-state index >= 15 is 0 Å². The molecule has 0 saturated carbocycles. The highest BCUT2D eigenvalue weighted by molar-refractivity contribution is 5.69. The van der Waals surface area contributed by atoms with E-state index in [1.165, 1.54) is 0 Å². The van der Waals surface area contributed by atoms with Crippen LogP contribution in [0.3, 0.4) is 0 Å². The van der Waals surface area contributed by atoms with Crippen molar-refractivity contribution in [2.45, 2.75) is 83.1 Å². The van der Waals surface area contributed by atoms with E-state index in [4.69, 9.17) is 4.74 Å². The lowest BCUT2D eigenvalue weighted by Gasteiger charge is -2.40. The summed E-state index contributed by atoms with van der Waals surface area (Å²) in [5.74, 6) is 0. The number of fused-ring (bicyclic) bond motifs is 2. The summed E-state index contributed by atoms with van der Waals surface area (Å²) in [6.45, 7) is 7.94. The maximum Gasteiger partial charge on any atom is 0.410 e. The van der Waals surface area contributed by atoms with E-state index in [-0.39, 0.29) is 12.1 Å². The Morgan fingerprint density at radius 3 is 2.50 bits per heavy atom. The number of pyridine rings is 1. The van der Waals surface area contributed by atoms with Crippen molar-refractivity contribution in [3.8, 4) is 0 Å². The lowest BCUT2D eigenvalue weighted by atomic mass is 9.96. The van der Waals surface area contributed by atoms with Crippen molar-refractivity contribution in [2.24, 2.45) is 0 Å². The summed E-state index contributed by atoms with van der Waals surface area (Å²) in [4.78, 5) is 18.9. The lowest BCUT2D eigenvalue weighted by molar-refractivity contribution is 0.00433. The van der Waals surface area contributed by atoms with Crippen LogP contribution in [-0.2, 0) is 4.74 Å². The molecule has 0 aliphatic carbocycles. The van der Waals surface area contributed by atoms with Crippen LogP contribution in [0.2, 0.25) is 0 Å². The number of piperidine rings is 1. The van der Waals surface area contributed by atoms with E-state index in [0.717, 1.165) is 31.4 Å².